The van der Waals surface area contributed by atoms with E-state index in [2.05, 4.69) is 17.4 Å². The lowest BCUT2D eigenvalue weighted by atomic mass is 10.1. The van der Waals surface area contributed by atoms with Crippen LogP contribution in [0.25, 0.3) is 6.08 Å². The van der Waals surface area contributed by atoms with Crippen molar-refractivity contribution in [3.8, 4) is 0 Å². The van der Waals surface area contributed by atoms with Gasteiger partial charge in [0.25, 0.3) is 0 Å². The fourth-order valence-corrected chi connectivity index (χ4v) is 2.18. The molecule has 2 aromatic carbocycles. The maximum atomic E-state index is 11.8. The number of carbonyl (C=O) groups is 1. The standard InChI is InChI=1S/C18H17NO/c20-18(13-6-14-4-2-1-3-5-14)19-17-11-9-16(10-12-17)15-7-8-15/h1-6,9-13,15H,7-8H2,(H,19,20). The summed E-state index contributed by atoms with van der Waals surface area (Å²) in [6, 6.07) is 18.0. The largest absolute Gasteiger partial charge is 0.323 e. The van der Waals surface area contributed by atoms with Gasteiger partial charge in [-0.2, -0.15) is 0 Å². The van der Waals surface area contributed by atoms with Crippen LogP contribution < -0.4 is 5.32 Å². The molecule has 0 radical (unpaired) electrons. The lowest BCUT2D eigenvalue weighted by molar-refractivity contribution is -0.111. The number of benzene rings is 2. The van der Waals surface area contributed by atoms with Gasteiger partial charge < -0.3 is 5.32 Å². The molecule has 1 aliphatic carbocycles. The van der Waals surface area contributed by atoms with E-state index in [1.165, 1.54) is 18.4 Å². The third kappa shape index (κ3) is 3.35. The fourth-order valence-electron chi connectivity index (χ4n) is 2.18. The topological polar surface area (TPSA) is 29.1 Å². The number of hydrogen-bond donors (Lipinski definition) is 1. The van der Waals surface area contributed by atoms with Crippen LogP contribution in [0, 0.1) is 0 Å². The van der Waals surface area contributed by atoms with Gasteiger partial charge in [0.2, 0.25) is 5.91 Å². The second-order valence-corrected chi connectivity index (χ2v) is 5.13. The summed E-state index contributed by atoms with van der Waals surface area (Å²) < 4.78 is 0. The van der Waals surface area contributed by atoms with Crippen molar-refractivity contribution in [2.24, 2.45) is 0 Å². The second-order valence-electron chi connectivity index (χ2n) is 5.13. The molecule has 2 aromatic rings. The Bertz CT molecular complexity index is 610. The maximum absolute atomic E-state index is 11.8. The molecular weight excluding hydrogens is 246 g/mol. The highest BCUT2D eigenvalue weighted by Crippen LogP contribution is 2.40. The minimum atomic E-state index is -0.104. The number of rotatable bonds is 4. The van der Waals surface area contributed by atoms with E-state index in [9.17, 15) is 4.79 Å². The van der Waals surface area contributed by atoms with Crippen molar-refractivity contribution in [2.45, 2.75) is 18.8 Å². The van der Waals surface area contributed by atoms with Crippen LogP contribution in [0.15, 0.2) is 60.7 Å². The number of amides is 1. The van der Waals surface area contributed by atoms with Crippen molar-refractivity contribution in [1.29, 1.82) is 0 Å². The van der Waals surface area contributed by atoms with E-state index in [1.54, 1.807) is 6.08 Å². The molecule has 100 valence electrons. The van der Waals surface area contributed by atoms with Crippen LogP contribution in [0.5, 0.6) is 0 Å². The summed E-state index contributed by atoms with van der Waals surface area (Å²) in [5, 5.41) is 2.87. The lowest BCUT2D eigenvalue weighted by Gasteiger charge is -2.03. The van der Waals surface area contributed by atoms with E-state index < -0.39 is 0 Å². The molecule has 1 aliphatic rings. The Labute approximate surface area is 119 Å². The van der Waals surface area contributed by atoms with Crippen molar-refractivity contribution in [2.75, 3.05) is 5.32 Å². The van der Waals surface area contributed by atoms with Crippen molar-refractivity contribution in [3.63, 3.8) is 0 Å². The van der Waals surface area contributed by atoms with Crippen LogP contribution in [0.2, 0.25) is 0 Å². The molecule has 1 N–H and O–H groups in total. The van der Waals surface area contributed by atoms with Gasteiger partial charge in [0.05, 0.1) is 0 Å². The smallest absolute Gasteiger partial charge is 0.248 e. The van der Waals surface area contributed by atoms with Gasteiger partial charge in [0, 0.05) is 11.8 Å². The van der Waals surface area contributed by atoms with E-state index in [-0.39, 0.29) is 5.91 Å². The third-order valence-electron chi connectivity index (χ3n) is 3.45. The normalized spacial score (nSPS) is 14.4. The lowest BCUT2D eigenvalue weighted by Crippen LogP contribution is -2.07. The first-order chi connectivity index (χ1) is 9.81. The highest BCUT2D eigenvalue weighted by Gasteiger charge is 2.22. The van der Waals surface area contributed by atoms with E-state index in [0.717, 1.165) is 17.2 Å². The van der Waals surface area contributed by atoms with Gasteiger partial charge in [-0.15, -0.1) is 0 Å². The van der Waals surface area contributed by atoms with Gasteiger partial charge in [-0.3, -0.25) is 4.79 Å². The van der Waals surface area contributed by atoms with Crippen LogP contribution in [0.3, 0.4) is 0 Å². The summed E-state index contributed by atoms with van der Waals surface area (Å²) in [5.74, 6) is 0.644. The summed E-state index contributed by atoms with van der Waals surface area (Å²) in [7, 11) is 0. The van der Waals surface area contributed by atoms with Crippen molar-refractivity contribution >= 4 is 17.7 Å². The molecule has 0 unspecified atom stereocenters. The minimum Gasteiger partial charge on any atom is -0.323 e. The van der Waals surface area contributed by atoms with Gasteiger partial charge in [0.15, 0.2) is 0 Å². The summed E-state index contributed by atoms with van der Waals surface area (Å²) >= 11 is 0. The third-order valence-corrected chi connectivity index (χ3v) is 3.45. The summed E-state index contributed by atoms with van der Waals surface area (Å²) in [6.45, 7) is 0. The zero-order valence-corrected chi connectivity index (χ0v) is 11.3. The first kappa shape index (κ1) is 12.7. The molecule has 0 bridgehead atoms. The predicted octanol–water partition coefficient (Wildman–Crippen LogP) is 4.22. The Morgan fingerprint density at radius 1 is 1.00 bits per heavy atom. The summed E-state index contributed by atoms with van der Waals surface area (Å²) in [6.07, 6.45) is 5.97. The molecular formula is C18H17NO. The molecule has 1 fully saturated rings. The molecule has 1 saturated carbocycles. The Morgan fingerprint density at radius 2 is 1.70 bits per heavy atom. The molecule has 0 spiro atoms. The highest BCUT2D eigenvalue weighted by molar-refractivity contribution is 6.01. The van der Waals surface area contributed by atoms with Crippen molar-refractivity contribution in [1.82, 2.24) is 0 Å². The Hall–Kier alpha value is -2.35. The van der Waals surface area contributed by atoms with Gasteiger partial charge >= 0.3 is 0 Å². The monoisotopic (exact) mass is 263 g/mol. The molecule has 1 amide bonds. The van der Waals surface area contributed by atoms with Gasteiger partial charge in [-0.1, -0.05) is 42.5 Å². The summed E-state index contributed by atoms with van der Waals surface area (Å²) in [5.41, 5.74) is 3.24. The molecule has 2 heteroatoms. The fraction of sp³-hybridized carbons (Fsp3) is 0.167. The number of carbonyl (C=O) groups excluding carboxylic acids is 1. The zero-order valence-electron chi connectivity index (χ0n) is 11.3. The molecule has 0 saturated heterocycles. The minimum absolute atomic E-state index is 0.104. The van der Waals surface area contributed by atoms with Crippen LogP contribution >= 0.6 is 0 Å². The SMILES string of the molecule is O=C(C=Cc1ccccc1)Nc1ccc(C2CC2)cc1. The molecule has 0 atom stereocenters. The first-order valence-corrected chi connectivity index (χ1v) is 6.95. The molecule has 0 aliphatic heterocycles. The van der Waals surface area contributed by atoms with Crippen molar-refractivity contribution < 1.29 is 4.79 Å². The van der Waals surface area contributed by atoms with Gasteiger partial charge in [-0.25, -0.2) is 0 Å². The van der Waals surface area contributed by atoms with Crippen LogP contribution in [0.1, 0.15) is 29.9 Å². The Morgan fingerprint density at radius 3 is 2.35 bits per heavy atom. The quantitative estimate of drug-likeness (QED) is 0.822. The van der Waals surface area contributed by atoms with Crippen molar-refractivity contribution in [3.05, 3.63) is 71.8 Å². The first-order valence-electron chi connectivity index (χ1n) is 6.95. The molecule has 0 aromatic heterocycles. The number of anilines is 1. The van der Waals surface area contributed by atoms with Crippen LogP contribution in [-0.2, 0) is 4.79 Å². The Kier molecular flexibility index (Phi) is 3.64. The van der Waals surface area contributed by atoms with E-state index >= 15 is 0 Å². The van der Waals surface area contributed by atoms with E-state index in [4.69, 9.17) is 0 Å². The summed E-state index contributed by atoms with van der Waals surface area (Å²) in [4.78, 5) is 11.8. The average molecular weight is 263 g/mol. The maximum Gasteiger partial charge on any atom is 0.248 e. The van der Waals surface area contributed by atoms with Gasteiger partial charge in [-0.05, 0) is 48.1 Å². The van der Waals surface area contributed by atoms with Crippen LogP contribution in [-0.4, -0.2) is 5.91 Å². The molecule has 2 nitrogen and oxygen atoms in total. The average Bonchev–Trinajstić information content (AvgIpc) is 3.32. The second kappa shape index (κ2) is 5.74. The van der Waals surface area contributed by atoms with Gasteiger partial charge in [0.1, 0.15) is 0 Å². The number of nitrogens with one attached hydrogen (secondary N) is 1. The van der Waals surface area contributed by atoms with Crippen LogP contribution in [0.4, 0.5) is 5.69 Å². The van der Waals surface area contributed by atoms with E-state index in [0.29, 0.717) is 0 Å². The molecule has 0 heterocycles. The Balaban J connectivity index is 1.59. The number of hydrogen-bond acceptors (Lipinski definition) is 1. The highest BCUT2D eigenvalue weighted by atomic mass is 16.1. The molecule has 20 heavy (non-hydrogen) atoms. The molecule has 3 rings (SSSR count). The zero-order chi connectivity index (χ0) is 13.8. The van der Waals surface area contributed by atoms with E-state index in [1.807, 2.05) is 48.5 Å². The predicted molar refractivity (Wildman–Crippen MR) is 82.5 cm³/mol.